The standard InChI is InChI=1S/C14H18ClNO4/c1-3-4-10(8-13(17)18)16-14(19)11-7-9(15)5-6-12(11)20-2/h5-7,10H,3-4,8H2,1-2H3,(H,16,19)(H,17,18). The molecule has 1 aromatic carbocycles. The van der Waals surface area contributed by atoms with Gasteiger partial charge in [0.25, 0.3) is 5.91 Å². The number of methoxy groups -OCH3 is 1. The zero-order valence-electron chi connectivity index (χ0n) is 11.5. The molecular formula is C14H18ClNO4. The minimum atomic E-state index is -0.943. The number of nitrogens with one attached hydrogen (secondary N) is 1. The van der Waals surface area contributed by atoms with E-state index in [2.05, 4.69) is 5.32 Å². The SMILES string of the molecule is CCCC(CC(=O)O)NC(=O)c1cc(Cl)ccc1OC. The number of benzene rings is 1. The van der Waals surface area contributed by atoms with E-state index in [9.17, 15) is 9.59 Å². The molecule has 6 heteroatoms. The van der Waals surface area contributed by atoms with Gasteiger partial charge in [-0.05, 0) is 24.6 Å². The van der Waals surface area contributed by atoms with Crippen molar-refractivity contribution in [3.63, 3.8) is 0 Å². The molecule has 0 saturated carbocycles. The molecule has 0 heterocycles. The number of carboxylic acids is 1. The maximum Gasteiger partial charge on any atom is 0.305 e. The predicted molar refractivity (Wildman–Crippen MR) is 76.4 cm³/mol. The van der Waals surface area contributed by atoms with Gasteiger partial charge in [0.05, 0.1) is 19.1 Å². The second kappa shape index (κ2) is 7.75. The number of aliphatic carboxylic acids is 1. The zero-order chi connectivity index (χ0) is 15.1. The van der Waals surface area contributed by atoms with Gasteiger partial charge in [-0.2, -0.15) is 0 Å². The third kappa shape index (κ3) is 4.74. The molecule has 20 heavy (non-hydrogen) atoms. The van der Waals surface area contributed by atoms with Crippen LogP contribution in [0.4, 0.5) is 0 Å². The van der Waals surface area contributed by atoms with E-state index in [1.165, 1.54) is 13.2 Å². The normalized spacial score (nSPS) is 11.8. The van der Waals surface area contributed by atoms with Crippen LogP contribution in [0.15, 0.2) is 18.2 Å². The van der Waals surface area contributed by atoms with Crippen LogP contribution in [-0.4, -0.2) is 30.1 Å². The molecule has 1 atom stereocenters. The summed E-state index contributed by atoms with van der Waals surface area (Å²) in [7, 11) is 1.46. The minimum Gasteiger partial charge on any atom is -0.496 e. The van der Waals surface area contributed by atoms with Crippen molar-refractivity contribution in [2.24, 2.45) is 0 Å². The van der Waals surface area contributed by atoms with Crippen molar-refractivity contribution in [2.45, 2.75) is 32.2 Å². The predicted octanol–water partition coefficient (Wildman–Crippen LogP) is 2.72. The van der Waals surface area contributed by atoms with Crippen molar-refractivity contribution in [2.75, 3.05) is 7.11 Å². The highest BCUT2D eigenvalue weighted by atomic mass is 35.5. The van der Waals surface area contributed by atoms with Gasteiger partial charge < -0.3 is 15.2 Å². The van der Waals surface area contributed by atoms with E-state index in [1.54, 1.807) is 12.1 Å². The molecule has 0 saturated heterocycles. The molecule has 2 N–H and O–H groups in total. The van der Waals surface area contributed by atoms with Crippen molar-refractivity contribution in [1.82, 2.24) is 5.32 Å². The van der Waals surface area contributed by atoms with Gasteiger partial charge in [0, 0.05) is 11.1 Å². The molecule has 0 bridgehead atoms. The highest BCUT2D eigenvalue weighted by molar-refractivity contribution is 6.31. The number of hydrogen-bond donors (Lipinski definition) is 2. The lowest BCUT2D eigenvalue weighted by molar-refractivity contribution is -0.137. The number of halogens is 1. The van der Waals surface area contributed by atoms with Crippen LogP contribution < -0.4 is 10.1 Å². The van der Waals surface area contributed by atoms with Crippen LogP contribution in [0.25, 0.3) is 0 Å². The van der Waals surface area contributed by atoms with E-state index in [0.717, 1.165) is 6.42 Å². The Kier molecular flexibility index (Phi) is 6.31. The fourth-order valence-electron chi connectivity index (χ4n) is 1.91. The third-order valence-electron chi connectivity index (χ3n) is 2.80. The quantitative estimate of drug-likeness (QED) is 0.811. The Bertz CT molecular complexity index is 490. The number of carbonyl (C=O) groups excluding carboxylic acids is 1. The topological polar surface area (TPSA) is 75.6 Å². The van der Waals surface area contributed by atoms with E-state index >= 15 is 0 Å². The summed E-state index contributed by atoms with van der Waals surface area (Å²) in [6.45, 7) is 1.93. The molecule has 1 amide bonds. The zero-order valence-corrected chi connectivity index (χ0v) is 12.2. The fourth-order valence-corrected chi connectivity index (χ4v) is 2.08. The lowest BCUT2D eigenvalue weighted by Gasteiger charge is -2.17. The van der Waals surface area contributed by atoms with Gasteiger partial charge in [0.15, 0.2) is 0 Å². The maximum atomic E-state index is 12.2. The Morgan fingerprint density at radius 1 is 1.45 bits per heavy atom. The summed E-state index contributed by atoms with van der Waals surface area (Å²) in [6, 6.07) is 4.31. The third-order valence-corrected chi connectivity index (χ3v) is 3.03. The second-order valence-corrected chi connectivity index (χ2v) is 4.84. The summed E-state index contributed by atoms with van der Waals surface area (Å²) >= 11 is 5.87. The molecule has 0 fully saturated rings. The van der Waals surface area contributed by atoms with Crippen LogP contribution in [0.2, 0.25) is 5.02 Å². The summed E-state index contributed by atoms with van der Waals surface area (Å²) in [5, 5.41) is 12.0. The van der Waals surface area contributed by atoms with Crippen LogP contribution in [0.3, 0.4) is 0 Å². The first-order chi connectivity index (χ1) is 9.47. The second-order valence-electron chi connectivity index (χ2n) is 4.40. The molecule has 0 aliphatic carbocycles. The number of carboxylic acid groups (broad SMARTS) is 1. The van der Waals surface area contributed by atoms with E-state index in [1.807, 2.05) is 6.92 Å². The summed E-state index contributed by atoms with van der Waals surface area (Å²) in [5.74, 6) is -0.927. The number of amides is 1. The molecular weight excluding hydrogens is 282 g/mol. The summed E-state index contributed by atoms with van der Waals surface area (Å²) < 4.78 is 5.11. The van der Waals surface area contributed by atoms with Gasteiger partial charge in [0.2, 0.25) is 0 Å². The van der Waals surface area contributed by atoms with Crippen molar-refractivity contribution >= 4 is 23.5 Å². The number of ether oxygens (including phenoxy) is 1. The van der Waals surface area contributed by atoms with Crippen LogP contribution in [0.5, 0.6) is 5.75 Å². The Hall–Kier alpha value is -1.75. The molecule has 110 valence electrons. The Balaban J connectivity index is 2.87. The van der Waals surface area contributed by atoms with Crippen LogP contribution >= 0.6 is 11.6 Å². The van der Waals surface area contributed by atoms with E-state index in [0.29, 0.717) is 22.8 Å². The van der Waals surface area contributed by atoms with E-state index in [-0.39, 0.29) is 12.3 Å². The molecule has 1 rings (SSSR count). The minimum absolute atomic E-state index is 0.109. The van der Waals surface area contributed by atoms with E-state index < -0.39 is 12.0 Å². The van der Waals surface area contributed by atoms with Gasteiger partial charge in [-0.3, -0.25) is 9.59 Å². The first kappa shape index (κ1) is 16.3. The Labute approximate surface area is 122 Å². The largest absolute Gasteiger partial charge is 0.496 e. The molecule has 0 radical (unpaired) electrons. The fraction of sp³-hybridized carbons (Fsp3) is 0.429. The maximum absolute atomic E-state index is 12.2. The van der Waals surface area contributed by atoms with Crippen LogP contribution in [0.1, 0.15) is 36.5 Å². The molecule has 1 aromatic rings. The number of carbonyl (C=O) groups is 2. The lowest BCUT2D eigenvalue weighted by Crippen LogP contribution is -2.36. The average Bonchev–Trinajstić information content (AvgIpc) is 2.38. The molecule has 5 nitrogen and oxygen atoms in total. The van der Waals surface area contributed by atoms with Gasteiger partial charge in [-0.25, -0.2) is 0 Å². The van der Waals surface area contributed by atoms with Crippen LogP contribution in [0, 0.1) is 0 Å². The first-order valence-corrected chi connectivity index (χ1v) is 6.72. The summed E-state index contributed by atoms with van der Waals surface area (Å²) in [6.07, 6.45) is 1.27. The van der Waals surface area contributed by atoms with Gasteiger partial charge in [0.1, 0.15) is 5.75 Å². The smallest absolute Gasteiger partial charge is 0.305 e. The van der Waals surface area contributed by atoms with Crippen molar-refractivity contribution in [3.05, 3.63) is 28.8 Å². The molecule has 0 aliphatic heterocycles. The lowest BCUT2D eigenvalue weighted by atomic mass is 10.1. The highest BCUT2D eigenvalue weighted by Crippen LogP contribution is 2.22. The first-order valence-electron chi connectivity index (χ1n) is 6.34. The summed E-state index contributed by atoms with van der Waals surface area (Å²) in [4.78, 5) is 23.0. The monoisotopic (exact) mass is 299 g/mol. The molecule has 1 unspecified atom stereocenters. The molecule has 0 spiro atoms. The van der Waals surface area contributed by atoms with Gasteiger partial charge in [-0.15, -0.1) is 0 Å². The summed E-state index contributed by atoms with van der Waals surface area (Å²) in [5.41, 5.74) is 0.298. The van der Waals surface area contributed by atoms with E-state index in [4.69, 9.17) is 21.4 Å². The van der Waals surface area contributed by atoms with Crippen molar-refractivity contribution in [1.29, 1.82) is 0 Å². The Morgan fingerprint density at radius 2 is 2.15 bits per heavy atom. The highest BCUT2D eigenvalue weighted by Gasteiger charge is 2.19. The molecule has 0 aliphatic rings. The number of hydrogen-bond acceptors (Lipinski definition) is 3. The molecule has 0 aromatic heterocycles. The number of rotatable bonds is 7. The van der Waals surface area contributed by atoms with Gasteiger partial charge >= 0.3 is 5.97 Å². The van der Waals surface area contributed by atoms with Gasteiger partial charge in [-0.1, -0.05) is 24.9 Å². The Morgan fingerprint density at radius 3 is 2.70 bits per heavy atom. The van der Waals surface area contributed by atoms with Crippen molar-refractivity contribution in [3.8, 4) is 5.75 Å². The van der Waals surface area contributed by atoms with Crippen molar-refractivity contribution < 1.29 is 19.4 Å². The average molecular weight is 300 g/mol. The van der Waals surface area contributed by atoms with Crippen LogP contribution in [-0.2, 0) is 4.79 Å².